The summed E-state index contributed by atoms with van der Waals surface area (Å²) in [4.78, 5) is 0. The van der Waals surface area contributed by atoms with Crippen LogP contribution < -0.4 is 4.74 Å². The van der Waals surface area contributed by atoms with Crippen LogP contribution in [0.4, 0.5) is 0 Å². The second kappa shape index (κ2) is 19.6. The van der Waals surface area contributed by atoms with Crippen LogP contribution in [0.3, 0.4) is 0 Å². The second-order valence-corrected chi connectivity index (χ2v) is 15.1. The van der Waals surface area contributed by atoms with Gasteiger partial charge in [0.15, 0.2) is 0 Å². The van der Waals surface area contributed by atoms with Crippen LogP contribution in [0.2, 0.25) is 5.02 Å². The molecule has 1 fully saturated rings. The fourth-order valence-electron chi connectivity index (χ4n) is 7.82. The Morgan fingerprint density at radius 3 is 1.56 bits per heavy atom. The SMILES string of the molecule is Clc1c(Cc2ccccc2)cc([C@@H]2O[C@H](COCc3ccccc3)[C@@H](OCc3ccccc3)[C@H](OCc3ccccc3)[C@H]2OCc2ccccc2)c2c1OCCC2. The molecule has 0 spiro atoms. The lowest BCUT2D eigenvalue weighted by Gasteiger charge is -2.47. The Hall–Kier alpha value is -4.79. The van der Waals surface area contributed by atoms with Crippen molar-refractivity contribution in [3.05, 3.63) is 207 Å². The summed E-state index contributed by atoms with van der Waals surface area (Å²) in [5.74, 6) is 0.734. The summed E-state index contributed by atoms with van der Waals surface area (Å²) in [5.41, 5.74) is 8.45. The Bertz CT molecular complexity index is 2120. The monoisotopic (exact) mass is 780 g/mol. The van der Waals surface area contributed by atoms with E-state index >= 15 is 0 Å². The molecule has 292 valence electrons. The second-order valence-electron chi connectivity index (χ2n) is 14.7. The smallest absolute Gasteiger partial charge is 0.141 e. The van der Waals surface area contributed by atoms with Crippen molar-refractivity contribution in [3.63, 3.8) is 0 Å². The number of rotatable bonds is 16. The summed E-state index contributed by atoms with van der Waals surface area (Å²) < 4.78 is 41.3. The van der Waals surface area contributed by atoms with Gasteiger partial charge in [0.25, 0.3) is 0 Å². The van der Waals surface area contributed by atoms with Gasteiger partial charge in [0.1, 0.15) is 36.3 Å². The van der Waals surface area contributed by atoms with Crippen LogP contribution in [0.25, 0.3) is 0 Å². The third-order valence-corrected chi connectivity index (χ3v) is 11.1. The summed E-state index contributed by atoms with van der Waals surface area (Å²) >= 11 is 7.23. The van der Waals surface area contributed by atoms with E-state index in [0.717, 1.165) is 63.1 Å². The van der Waals surface area contributed by atoms with Gasteiger partial charge in [-0.05, 0) is 58.2 Å². The lowest BCUT2D eigenvalue weighted by molar-refractivity contribution is -0.275. The molecular weight excluding hydrogens is 732 g/mol. The minimum absolute atomic E-state index is 0.282. The molecule has 0 radical (unpaired) electrons. The molecule has 1 saturated heterocycles. The van der Waals surface area contributed by atoms with Crippen molar-refractivity contribution in [1.82, 2.24) is 0 Å². The minimum Gasteiger partial charge on any atom is -0.492 e. The molecular formula is C50H49ClO6. The van der Waals surface area contributed by atoms with E-state index < -0.39 is 30.5 Å². The summed E-state index contributed by atoms with van der Waals surface area (Å²) in [6, 6.07) is 53.5. The first-order valence-corrected chi connectivity index (χ1v) is 20.3. The van der Waals surface area contributed by atoms with Gasteiger partial charge in [-0.15, -0.1) is 0 Å². The van der Waals surface area contributed by atoms with E-state index in [-0.39, 0.29) is 6.61 Å². The number of hydrogen-bond donors (Lipinski definition) is 0. The van der Waals surface area contributed by atoms with Crippen LogP contribution in [0.15, 0.2) is 158 Å². The van der Waals surface area contributed by atoms with Gasteiger partial charge in [-0.25, -0.2) is 0 Å². The van der Waals surface area contributed by atoms with Crippen LogP contribution in [-0.2, 0) is 63.0 Å². The predicted octanol–water partition coefficient (Wildman–Crippen LogP) is 10.7. The summed E-state index contributed by atoms with van der Waals surface area (Å²) in [6.07, 6.45) is -0.397. The highest BCUT2D eigenvalue weighted by Gasteiger charge is 2.50. The Kier molecular flexibility index (Phi) is 13.4. The van der Waals surface area contributed by atoms with Crippen molar-refractivity contribution in [1.29, 1.82) is 0 Å². The quantitative estimate of drug-likeness (QED) is 0.0975. The zero-order valence-corrected chi connectivity index (χ0v) is 32.8. The molecule has 0 amide bonds. The van der Waals surface area contributed by atoms with E-state index in [4.69, 9.17) is 40.0 Å². The van der Waals surface area contributed by atoms with Crippen LogP contribution in [0.1, 0.15) is 57.0 Å². The number of benzene rings is 6. The molecule has 5 atom stereocenters. The highest BCUT2D eigenvalue weighted by molar-refractivity contribution is 6.33. The lowest BCUT2D eigenvalue weighted by atomic mass is 9.85. The number of ether oxygens (including phenoxy) is 6. The molecule has 8 rings (SSSR count). The van der Waals surface area contributed by atoms with Gasteiger partial charge in [0.2, 0.25) is 0 Å². The molecule has 2 aliphatic heterocycles. The minimum atomic E-state index is -0.572. The van der Waals surface area contributed by atoms with Gasteiger partial charge >= 0.3 is 0 Å². The van der Waals surface area contributed by atoms with E-state index in [9.17, 15) is 0 Å². The van der Waals surface area contributed by atoms with E-state index in [2.05, 4.69) is 78.9 Å². The molecule has 0 bridgehead atoms. The molecule has 0 unspecified atom stereocenters. The van der Waals surface area contributed by atoms with E-state index in [1.54, 1.807) is 0 Å². The zero-order valence-electron chi connectivity index (χ0n) is 32.1. The predicted molar refractivity (Wildman–Crippen MR) is 223 cm³/mol. The van der Waals surface area contributed by atoms with Crippen LogP contribution in [0.5, 0.6) is 5.75 Å². The summed E-state index contributed by atoms with van der Waals surface area (Å²) in [5, 5.41) is 0.651. The summed E-state index contributed by atoms with van der Waals surface area (Å²) in [7, 11) is 0. The van der Waals surface area contributed by atoms with Gasteiger partial charge in [0, 0.05) is 5.56 Å². The molecule has 6 nitrogen and oxygen atoms in total. The van der Waals surface area contributed by atoms with Crippen molar-refractivity contribution in [2.75, 3.05) is 13.2 Å². The van der Waals surface area contributed by atoms with Crippen LogP contribution in [-0.4, -0.2) is 37.6 Å². The van der Waals surface area contributed by atoms with Gasteiger partial charge in [-0.1, -0.05) is 169 Å². The average Bonchev–Trinajstić information content (AvgIpc) is 3.27. The van der Waals surface area contributed by atoms with Crippen molar-refractivity contribution in [3.8, 4) is 5.75 Å². The molecule has 57 heavy (non-hydrogen) atoms. The maximum Gasteiger partial charge on any atom is 0.141 e. The average molecular weight is 781 g/mol. The van der Waals surface area contributed by atoms with E-state index in [0.29, 0.717) is 44.5 Å². The standard InChI is InChI=1S/C50H49ClO6/c51-45-41(29-36-17-6-1-7-18-36)30-43(42-27-16-28-53-46(42)45)47-49(55-33-39-23-12-4-13-24-39)50(56-34-40-25-14-5-15-26-40)48(54-32-38-21-10-3-11-22-38)44(57-47)35-52-31-37-19-8-2-9-20-37/h1-15,17-26,30,44,47-50H,16,27-29,31-35H2/t44-,47+,48-,49+,50+/m1/s1. The number of hydrogen-bond acceptors (Lipinski definition) is 6. The van der Waals surface area contributed by atoms with E-state index in [1.165, 1.54) is 0 Å². The summed E-state index contributed by atoms with van der Waals surface area (Å²) in [6.45, 7) is 2.43. The Morgan fingerprint density at radius 2 is 1.02 bits per heavy atom. The molecule has 2 heterocycles. The van der Waals surface area contributed by atoms with Gasteiger partial charge in [-0.3, -0.25) is 0 Å². The first-order valence-electron chi connectivity index (χ1n) is 19.9. The first-order chi connectivity index (χ1) is 28.2. The zero-order chi connectivity index (χ0) is 38.7. The molecule has 2 aliphatic rings. The Morgan fingerprint density at radius 1 is 0.544 bits per heavy atom. The third kappa shape index (κ3) is 10.0. The highest BCUT2D eigenvalue weighted by Crippen LogP contribution is 2.46. The Balaban J connectivity index is 1.22. The van der Waals surface area contributed by atoms with Crippen molar-refractivity contribution < 1.29 is 28.4 Å². The number of fused-ring (bicyclic) bond motifs is 1. The first kappa shape index (κ1) is 39.1. The van der Waals surface area contributed by atoms with Crippen LogP contribution >= 0.6 is 11.6 Å². The maximum absolute atomic E-state index is 7.35. The highest BCUT2D eigenvalue weighted by atomic mass is 35.5. The lowest BCUT2D eigenvalue weighted by Crippen LogP contribution is -2.58. The van der Waals surface area contributed by atoms with Crippen molar-refractivity contribution in [2.45, 2.75) is 76.2 Å². The molecule has 0 N–H and O–H groups in total. The largest absolute Gasteiger partial charge is 0.492 e. The van der Waals surface area contributed by atoms with Gasteiger partial charge in [0.05, 0.1) is 44.7 Å². The molecule has 0 aliphatic carbocycles. The molecule has 6 aromatic rings. The Labute approximate surface area is 341 Å². The maximum atomic E-state index is 7.35. The third-order valence-electron chi connectivity index (χ3n) is 10.7. The molecule has 0 saturated carbocycles. The van der Waals surface area contributed by atoms with Crippen molar-refractivity contribution in [2.24, 2.45) is 0 Å². The fourth-order valence-corrected chi connectivity index (χ4v) is 8.11. The van der Waals surface area contributed by atoms with Crippen LogP contribution in [0, 0.1) is 0 Å². The normalized spacial score (nSPS) is 20.4. The molecule has 6 aromatic carbocycles. The number of halogens is 1. The molecule has 7 heteroatoms. The van der Waals surface area contributed by atoms with E-state index in [1.807, 2.05) is 78.9 Å². The van der Waals surface area contributed by atoms with Gasteiger partial charge < -0.3 is 28.4 Å². The van der Waals surface area contributed by atoms with Crippen molar-refractivity contribution >= 4 is 11.6 Å². The van der Waals surface area contributed by atoms with Gasteiger partial charge in [-0.2, -0.15) is 0 Å². The molecule has 0 aromatic heterocycles. The topological polar surface area (TPSA) is 55.4 Å². The fraction of sp³-hybridized carbons (Fsp3) is 0.280.